The molecular formula is C18H21FN4O2. The van der Waals surface area contributed by atoms with Crippen LogP contribution in [-0.2, 0) is 6.54 Å². The van der Waals surface area contributed by atoms with Gasteiger partial charge in [0.25, 0.3) is 5.69 Å². The third-order valence-corrected chi connectivity index (χ3v) is 4.38. The van der Waals surface area contributed by atoms with E-state index in [2.05, 4.69) is 15.2 Å². The van der Waals surface area contributed by atoms with Gasteiger partial charge in [0.05, 0.1) is 4.92 Å². The molecule has 0 amide bonds. The van der Waals surface area contributed by atoms with Gasteiger partial charge in [0.2, 0.25) is 0 Å². The smallest absolute Gasteiger partial charge is 0.292 e. The molecule has 1 saturated heterocycles. The summed E-state index contributed by atoms with van der Waals surface area (Å²) in [5.41, 5.74) is 0.911. The van der Waals surface area contributed by atoms with Crippen LogP contribution in [0.1, 0.15) is 31.2 Å². The number of aromatic nitrogens is 1. The number of nitrogens with one attached hydrogen (secondary N) is 1. The first-order chi connectivity index (χ1) is 12.1. The van der Waals surface area contributed by atoms with Gasteiger partial charge in [-0.1, -0.05) is 18.9 Å². The molecule has 1 N–H and O–H groups in total. The first kappa shape index (κ1) is 17.1. The lowest BCUT2D eigenvalue weighted by atomic mass is 10.2. The molecule has 1 fully saturated rings. The Hall–Kier alpha value is -2.70. The number of nitrogens with zero attached hydrogens (tertiary/aromatic N) is 3. The molecular weight excluding hydrogens is 323 g/mol. The Labute approximate surface area is 145 Å². The van der Waals surface area contributed by atoms with E-state index in [1.165, 1.54) is 31.7 Å². The molecule has 0 spiro atoms. The Morgan fingerprint density at radius 3 is 2.56 bits per heavy atom. The van der Waals surface area contributed by atoms with Crippen LogP contribution in [0.25, 0.3) is 0 Å². The minimum Gasteiger partial charge on any atom is -0.375 e. The van der Waals surface area contributed by atoms with Crippen molar-refractivity contribution < 1.29 is 9.31 Å². The third-order valence-electron chi connectivity index (χ3n) is 4.38. The lowest BCUT2D eigenvalue weighted by Crippen LogP contribution is -2.24. The molecule has 25 heavy (non-hydrogen) atoms. The second-order valence-electron chi connectivity index (χ2n) is 6.20. The van der Waals surface area contributed by atoms with E-state index >= 15 is 0 Å². The van der Waals surface area contributed by atoms with Gasteiger partial charge in [-0.2, -0.15) is 0 Å². The summed E-state index contributed by atoms with van der Waals surface area (Å²) in [5.74, 6) is 0.449. The average Bonchev–Trinajstić information content (AvgIpc) is 2.89. The van der Waals surface area contributed by atoms with Crippen molar-refractivity contribution in [1.29, 1.82) is 0 Å². The Morgan fingerprint density at radius 2 is 1.92 bits per heavy atom. The highest BCUT2D eigenvalue weighted by Crippen LogP contribution is 2.25. The molecule has 0 bridgehead atoms. The second kappa shape index (κ2) is 7.92. The van der Waals surface area contributed by atoms with Crippen LogP contribution in [0.2, 0.25) is 0 Å². The molecule has 1 aliphatic heterocycles. The molecule has 132 valence electrons. The molecule has 0 atom stereocenters. The molecule has 1 aromatic heterocycles. The predicted molar refractivity (Wildman–Crippen MR) is 95.3 cm³/mol. The van der Waals surface area contributed by atoms with Crippen LogP contribution in [0.3, 0.4) is 0 Å². The van der Waals surface area contributed by atoms with Crippen LogP contribution in [-0.4, -0.2) is 23.0 Å². The van der Waals surface area contributed by atoms with Crippen molar-refractivity contribution in [3.05, 3.63) is 58.0 Å². The van der Waals surface area contributed by atoms with Crippen molar-refractivity contribution in [2.75, 3.05) is 23.3 Å². The van der Waals surface area contributed by atoms with E-state index in [0.29, 0.717) is 6.54 Å². The predicted octanol–water partition coefficient (Wildman–Crippen LogP) is 4.12. The summed E-state index contributed by atoms with van der Waals surface area (Å²) in [6, 6.07) is 7.31. The number of halogens is 1. The van der Waals surface area contributed by atoms with Crippen molar-refractivity contribution in [3.8, 4) is 0 Å². The summed E-state index contributed by atoms with van der Waals surface area (Å²) >= 11 is 0. The fourth-order valence-corrected chi connectivity index (χ4v) is 3.01. The molecule has 6 nitrogen and oxygen atoms in total. The van der Waals surface area contributed by atoms with E-state index in [0.717, 1.165) is 36.6 Å². The van der Waals surface area contributed by atoms with Gasteiger partial charge < -0.3 is 10.2 Å². The largest absolute Gasteiger partial charge is 0.375 e. The summed E-state index contributed by atoms with van der Waals surface area (Å²) in [4.78, 5) is 17.3. The number of hydrogen-bond donors (Lipinski definition) is 1. The Morgan fingerprint density at radius 1 is 1.16 bits per heavy atom. The molecule has 0 unspecified atom stereocenters. The van der Waals surface area contributed by atoms with E-state index in [4.69, 9.17) is 0 Å². The highest BCUT2D eigenvalue weighted by molar-refractivity contribution is 5.61. The Bertz CT molecular complexity index is 728. The van der Waals surface area contributed by atoms with E-state index in [1.807, 2.05) is 12.1 Å². The van der Waals surface area contributed by atoms with Crippen LogP contribution in [0, 0.1) is 15.9 Å². The summed E-state index contributed by atoms with van der Waals surface area (Å²) < 4.78 is 13.3. The maximum atomic E-state index is 13.3. The maximum Gasteiger partial charge on any atom is 0.292 e. The quantitative estimate of drug-likeness (QED) is 0.652. The fraction of sp³-hybridized carbons (Fsp3) is 0.389. The third kappa shape index (κ3) is 4.43. The van der Waals surface area contributed by atoms with E-state index in [1.54, 1.807) is 6.20 Å². The van der Waals surface area contributed by atoms with Crippen LogP contribution in [0.4, 0.5) is 21.6 Å². The number of benzene rings is 1. The average molecular weight is 344 g/mol. The number of anilines is 2. The maximum absolute atomic E-state index is 13.3. The summed E-state index contributed by atoms with van der Waals surface area (Å²) in [6.45, 7) is 2.40. The molecule has 0 aliphatic carbocycles. The number of pyridine rings is 1. The Kier molecular flexibility index (Phi) is 5.42. The highest BCUT2D eigenvalue weighted by atomic mass is 19.1. The van der Waals surface area contributed by atoms with Crippen molar-refractivity contribution in [2.45, 2.75) is 32.2 Å². The van der Waals surface area contributed by atoms with Crippen molar-refractivity contribution in [2.24, 2.45) is 0 Å². The lowest BCUT2D eigenvalue weighted by molar-refractivity contribution is -0.384. The second-order valence-corrected chi connectivity index (χ2v) is 6.20. The minimum absolute atomic E-state index is 0.143. The molecule has 0 saturated carbocycles. The van der Waals surface area contributed by atoms with Gasteiger partial charge >= 0.3 is 0 Å². The van der Waals surface area contributed by atoms with Crippen molar-refractivity contribution >= 4 is 17.2 Å². The van der Waals surface area contributed by atoms with Crippen molar-refractivity contribution in [3.63, 3.8) is 0 Å². The molecule has 7 heteroatoms. The topological polar surface area (TPSA) is 71.3 Å². The van der Waals surface area contributed by atoms with E-state index in [-0.39, 0.29) is 11.4 Å². The first-order valence-corrected chi connectivity index (χ1v) is 8.51. The van der Waals surface area contributed by atoms with Crippen LogP contribution >= 0.6 is 0 Å². The van der Waals surface area contributed by atoms with Gasteiger partial charge in [-0.15, -0.1) is 0 Å². The number of nitro benzene ring substituents is 1. The van der Waals surface area contributed by atoms with Crippen LogP contribution in [0.15, 0.2) is 36.5 Å². The van der Waals surface area contributed by atoms with E-state index < -0.39 is 10.7 Å². The molecule has 0 radical (unpaired) electrons. The van der Waals surface area contributed by atoms with Crippen LogP contribution < -0.4 is 10.2 Å². The van der Waals surface area contributed by atoms with Gasteiger partial charge in [0.1, 0.15) is 17.3 Å². The molecule has 2 aromatic rings. The van der Waals surface area contributed by atoms with Gasteiger partial charge in [-0.05, 0) is 30.5 Å². The molecule has 1 aromatic carbocycles. The number of nitro groups is 1. The summed E-state index contributed by atoms with van der Waals surface area (Å²) in [6.07, 6.45) is 6.68. The fourth-order valence-electron chi connectivity index (χ4n) is 3.01. The Balaban J connectivity index is 1.66. The molecule has 1 aliphatic rings. The SMILES string of the molecule is O=[N+]([O-])c1ccc(F)cc1NCc1ccc(N2CCCCCC2)nc1. The lowest BCUT2D eigenvalue weighted by Gasteiger charge is -2.21. The van der Waals surface area contributed by atoms with Gasteiger partial charge in [0, 0.05) is 38.0 Å². The standard InChI is InChI=1S/C18H21FN4O2/c19-15-6-7-17(23(24)25)16(11-15)20-12-14-5-8-18(21-13-14)22-9-3-1-2-4-10-22/h5-8,11,13,20H,1-4,9-10,12H2. The normalized spacial score (nSPS) is 14.8. The monoisotopic (exact) mass is 344 g/mol. The van der Waals surface area contributed by atoms with Gasteiger partial charge in [-0.25, -0.2) is 9.37 Å². The molecule has 2 heterocycles. The number of rotatable bonds is 5. The summed E-state index contributed by atoms with van der Waals surface area (Å²) in [7, 11) is 0. The van der Waals surface area contributed by atoms with E-state index in [9.17, 15) is 14.5 Å². The van der Waals surface area contributed by atoms with Crippen LogP contribution in [0.5, 0.6) is 0 Å². The molecule has 3 rings (SSSR count). The van der Waals surface area contributed by atoms with Crippen molar-refractivity contribution in [1.82, 2.24) is 4.98 Å². The zero-order chi connectivity index (χ0) is 17.6. The van der Waals surface area contributed by atoms with Gasteiger partial charge in [-0.3, -0.25) is 10.1 Å². The first-order valence-electron chi connectivity index (χ1n) is 8.51. The summed E-state index contributed by atoms with van der Waals surface area (Å²) in [5, 5.41) is 13.9. The number of hydrogen-bond acceptors (Lipinski definition) is 5. The zero-order valence-electron chi connectivity index (χ0n) is 13.9. The van der Waals surface area contributed by atoms with Gasteiger partial charge in [0.15, 0.2) is 0 Å². The highest BCUT2D eigenvalue weighted by Gasteiger charge is 2.14. The zero-order valence-corrected chi connectivity index (χ0v) is 13.9. The minimum atomic E-state index is -0.525.